The summed E-state index contributed by atoms with van der Waals surface area (Å²) >= 11 is 0. The normalized spacial score (nSPS) is 11.1. The number of nitrogens with one attached hydrogen (secondary N) is 1. The van der Waals surface area contributed by atoms with Crippen LogP contribution in [-0.4, -0.2) is 28.0 Å². The highest BCUT2D eigenvalue weighted by Gasteiger charge is 2.27. The number of aromatic nitrogens is 1. The van der Waals surface area contributed by atoms with Crippen LogP contribution in [0.25, 0.3) is 10.9 Å². The van der Waals surface area contributed by atoms with Gasteiger partial charge >= 0.3 is 0 Å². The molecule has 0 aliphatic carbocycles. The lowest BCUT2D eigenvalue weighted by Crippen LogP contribution is -2.25. The van der Waals surface area contributed by atoms with Crippen LogP contribution in [0.1, 0.15) is 28.5 Å². The van der Waals surface area contributed by atoms with E-state index in [1.54, 1.807) is 6.92 Å². The highest BCUT2D eigenvalue weighted by atomic mass is 19.2. The van der Waals surface area contributed by atoms with E-state index in [4.69, 9.17) is 0 Å². The van der Waals surface area contributed by atoms with Gasteiger partial charge in [-0.15, -0.1) is 0 Å². The molecule has 1 aromatic heterocycles. The molecule has 29 heavy (non-hydrogen) atoms. The van der Waals surface area contributed by atoms with Crippen molar-refractivity contribution in [3.05, 3.63) is 64.4 Å². The zero-order valence-corrected chi connectivity index (χ0v) is 15.4. The average Bonchev–Trinajstić information content (AvgIpc) is 2.93. The Balaban J connectivity index is 2.29. The number of phenols is 1. The SMILES string of the molecule is CCNC(=O)Cc1c(C)n(C(=O)c2ccc(F)c(F)c2)c2cc(F)c(O)c(F)c12. The number of carbonyl (C=O) groups excluding carboxylic acids is 2. The highest BCUT2D eigenvalue weighted by Crippen LogP contribution is 2.35. The van der Waals surface area contributed by atoms with Crippen LogP contribution in [-0.2, 0) is 11.2 Å². The van der Waals surface area contributed by atoms with Crippen molar-refractivity contribution in [2.24, 2.45) is 0 Å². The predicted molar refractivity (Wildman–Crippen MR) is 96.7 cm³/mol. The first-order valence-electron chi connectivity index (χ1n) is 8.64. The zero-order valence-electron chi connectivity index (χ0n) is 15.4. The van der Waals surface area contributed by atoms with Crippen molar-refractivity contribution in [1.82, 2.24) is 9.88 Å². The van der Waals surface area contributed by atoms with Gasteiger partial charge < -0.3 is 10.4 Å². The summed E-state index contributed by atoms with van der Waals surface area (Å²) in [5.41, 5.74) is -0.341. The third kappa shape index (κ3) is 3.43. The Kier molecular flexibility index (Phi) is 5.32. The van der Waals surface area contributed by atoms with Crippen molar-refractivity contribution in [2.45, 2.75) is 20.3 Å². The van der Waals surface area contributed by atoms with Crippen LogP contribution < -0.4 is 5.32 Å². The third-order valence-corrected chi connectivity index (χ3v) is 4.57. The Morgan fingerprint density at radius 3 is 2.38 bits per heavy atom. The molecule has 0 radical (unpaired) electrons. The van der Waals surface area contributed by atoms with E-state index in [1.807, 2.05) is 0 Å². The molecule has 2 N–H and O–H groups in total. The number of halogens is 4. The van der Waals surface area contributed by atoms with Crippen molar-refractivity contribution in [3.63, 3.8) is 0 Å². The van der Waals surface area contributed by atoms with Gasteiger partial charge in [0.2, 0.25) is 5.91 Å². The number of likely N-dealkylation sites (N-methyl/N-ethyl adjacent to an activating group) is 1. The fraction of sp³-hybridized carbons (Fsp3) is 0.200. The lowest BCUT2D eigenvalue weighted by Gasteiger charge is -2.08. The third-order valence-electron chi connectivity index (χ3n) is 4.57. The number of hydrogen-bond acceptors (Lipinski definition) is 3. The monoisotopic (exact) mass is 408 g/mol. The molecule has 1 heterocycles. The molecule has 0 aliphatic rings. The lowest BCUT2D eigenvalue weighted by molar-refractivity contribution is -0.120. The molecule has 2 aromatic carbocycles. The van der Waals surface area contributed by atoms with E-state index in [-0.39, 0.29) is 34.1 Å². The molecule has 0 bridgehead atoms. The Morgan fingerprint density at radius 2 is 1.76 bits per heavy atom. The Morgan fingerprint density at radius 1 is 1.07 bits per heavy atom. The van der Waals surface area contributed by atoms with E-state index in [1.165, 1.54) is 6.92 Å². The molecular weight excluding hydrogens is 392 g/mol. The summed E-state index contributed by atoms with van der Waals surface area (Å²) in [5, 5.41) is 11.9. The number of rotatable bonds is 4. The second kappa shape index (κ2) is 7.57. The van der Waals surface area contributed by atoms with E-state index in [0.29, 0.717) is 12.6 Å². The number of nitrogens with zero attached hydrogens (tertiary/aromatic N) is 1. The van der Waals surface area contributed by atoms with Gasteiger partial charge in [-0.1, -0.05) is 0 Å². The Labute approximate surface area is 162 Å². The zero-order chi connectivity index (χ0) is 21.5. The second-order valence-corrected chi connectivity index (χ2v) is 6.38. The first-order chi connectivity index (χ1) is 13.7. The molecule has 0 spiro atoms. The number of carbonyl (C=O) groups is 2. The van der Waals surface area contributed by atoms with Crippen LogP contribution >= 0.6 is 0 Å². The summed E-state index contributed by atoms with van der Waals surface area (Å²) in [7, 11) is 0. The van der Waals surface area contributed by atoms with Gasteiger partial charge in [-0.25, -0.2) is 17.6 Å². The van der Waals surface area contributed by atoms with Gasteiger partial charge in [0.1, 0.15) is 0 Å². The molecule has 0 aliphatic heterocycles. The summed E-state index contributed by atoms with van der Waals surface area (Å²) < 4.78 is 56.3. The number of phenolic OH excluding ortho intramolecular Hbond substituents is 1. The molecule has 5 nitrogen and oxygen atoms in total. The van der Waals surface area contributed by atoms with E-state index < -0.39 is 40.8 Å². The molecule has 3 aromatic rings. The van der Waals surface area contributed by atoms with Gasteiger partial charge in [-0.05, 0) is 37.6 Å². The number of benzene rings is 2. The highest BCUT2D eigenvalue weighted by molar-refractivity contribution is 6.05. The molecule has 0 atom stereocenters. The molecule has 3 rings (SSSR count). The summed E-state index contributed by atoms with van der Waals surface area (Å²) in [6, 6.07) is 3.20. The van der Waals surface area contributed by atoms with Crippen molar-refractivity contribution in [1.29, 1.82) is 0 Å². The maximum atomic E-state index is 14.7. The van der Waals surface area contributed by atoms with Crippen molar-refractivity contribution in [2.75, 3.05) is 6.54 Å². The van der Waals surface area contributed by atoms with Crippen LogP contribution in [0.4, 0.5) is 17.6 Å². The van der Waals surface area contributed by atoms with Crippen LogP contribution in [0.15, 0.2) is 24.3 Å². The van der Waals surface area contributed by atoms with Crippen molar-refractivity contribution < 1.29 is 32.3 Å². The van der Waals surface area contributed by atoms with Crippen LogP contribution in [0, 0.1) is 30.2 Å². The van der Waals surface area contributed by atoms with Crippen LogP contribution in [0.2, 0.25) is 0 Å². The quantitative estimate of drug-likeness (QED) is 0.649. The van der Waals surface area contributed by atoms with Gasteiger partial charge in [-0.3, -0.25) is 14.2 Å². The van der Waals surface area contributed by atoms with Crippen molar-refractivity contribution in [3.8, 4) is 5.75 Å². The van der Waals surface area contributed by atoms with Gasteiger partial charge in [0, 0.05) is 29.3 Å². The van der Waals surface area contributed by atoms with E-state index in [0.717, 1.165) is 22.8 Å². The first-order valence-corrected chi connectivity index (χ1v) is 8.64. The molecule has 0 unspecified atom stereocenters. The van der Waals surface area contributed by atoms with Crippen LogP contribution in [0.5, 0.6) is 5.75 Å². The number of aromatic hydroxyl groups is 1. The topological polar surface area (TPSA) is 71.3 Å². The van der Waals surface area contributed by atoms with Crippen LogP contribution in [0.3, 0.4) is 0 Å². The fourth-order valence-corrected chi connectivity index (χ4v) is 3.21. The van der Waals surface area contributed by atoms with E-state index in [2.05, 4.69) is 5.32 Å². The summed E-state index contributed by atoms with van der Waals surface area (Å²) in [5.74, 6) is -7.64. The Hall–Kier alpha value is -3.36. The molecular formula is C20H16F4N2O3. The van der Waals surface area contributed by atoms with Gasteiger partial charge in [0.15, 0.2) is 29.0 Å². The largest absolute Gasteiger partial charge is 0.503 e. The van der Waals surface area contributed by atoms with E-state index >= 15 is 0 Å². The molecule has 1 amide bonds. The minimum atomic E-state index is -1.32. The molecule has 0 saturated carbocycles. The maximum absolute atomic E-state index is 14.7. The average molecular weight is 408 g/mol. The smallest absolute Gasteiger partial charge is 0.262 e. The summed E-state index contributed by atoms with van der Waals surface area (Å²) in [6.07, 6.45) is -0.337. The van der Waals surface area contributed by atoms with Gasteiger partial charge in [0.25, 0.3) is 5.91 Å². The second-order valence-electron chi connectivity index (χ2n) is 6.38. The molecule has 9 heteroatoms. The summed E-state index contributed by atoms with van der Waals surface area (Å²) in [6.45, 7) is 3.40. The van der Waals surface area contributed by atoms with Crippen molar-refractivity contribution >= 4 is 22.7 Å². The predicted octanol–water partition coefficient (Wildman–Crippen LogP) is 3.58. The molecule has 0 fully saturated rings. The van der Waals surface area contributed by atoms with Gasteiger partial charge in [0.05, 0.1) is 11.9 Å². The van der Waals surface area contributed by atoms with Gasteiger partial charge in [-0.2, -0.15) is 0 Å². The minimum absolute atomic E-state index is 0.0645. The lowest BCUT2D eigenvalue weighted by atomic mass is 10.1. The standard InChI is InChI=1S/C20H16F4N2O3/c1-3-25-16(27)7-11-9(2)26(15-8-14(23)19(28)18(24)17(11)15)20(29)10-4-5-12(21)13(22)6-10/h4-6,8,28H,3,7H2,1-2H3,(H,25,27). The van der Waals surface area contributed by atoms with E-state index in [9.17, 15) is 32.3 Å². The minimum Gasteiger partial charge on any atom is -0.503 e. The Bertz CT molecular complexity index is 1150. The number of hydrogen-bond donors (Lipinski definition) is 2. The maximum Gasteiger partial charge on any atom is 0.262 e. The number of fused-ring (bicyclic) bond motifs is 1. The number of amides is 1. The summed E-state index contributed by atoms with van der Waals surface area (Å²) in [4.78, 5) is 25.0. The first kappa shape index (κ1) is 20.4. The molecule has 0 saturated heterocycles. The molecule has 152 valence electrons. The fourth-order valence-electron chi connectivity index (χ4n) is 3.21.